The number of ether oxygens (including phenoxy) is 2. The third-order valence-corrected chi connectivity index (χ3v) is 4.83. The van der Waals surface area contributed by atoms with Crippen molar-refractivity contribution >= 4 is 17.5 Å². The Kier molecular flexibility index (Phi) is 4.90. The molecule has 1 aliphatic heterocycles. The van der Waals surface area contributed by atoms with Gasteiger partial charge in [0.15, 0.2) is 0 Å². The van der Waals surface area contributed by atoms with Gasteiger partial charge in [-0.15, -0.1) is 0 Å². The van der Waals surface area contributed by atoms with Gasteiger partial charge in [-0.1, -0.05) is 30.3 Å². The smallest absolute Gasteiger partial charge is 0.255 e. The summed E-state index contributed by atoms with van der Waals surface area (Å²) in [7, 11) is 3.17. The number of nitrogens with one attached hydrogen (secondary N) is 2. The van der Waals surface area contributed by atoms with Crippen molar-refractivity contribution in [2.45, 2.75) is 13.0 Å². The molecule has 2 N–H and O–H groups in total. The molecule has 1 aromatic heterocycles. The van der Waals surface area contributed by atoms with Crippen molar-refractivity contribution in [1.29, 1.82) is 0 Å². The number of carbonyl (C=O) groups is 1. The summed E-state index contributed by atoms with van der Waals surface area (Å²) in [5.41, 5.74) is 2.60. The molecule has 0 bridgehead atoms. The van der Waals surface area contributed by atoms with Crippen molar-refractivity contribution in [2.24, 2.45) is 0 Å². The molecule has 0 saturated heterocycles. The molecule has 2 heterocycles. The minimum Gasteiger partial charge on any atom is -0.496 e. The van der Waals surface area contributed by atoms with Crippen LogP contribution in [-0.2, 0) is 4.79 Å². The van der Waals surface area contributed by atoms with Crippen LogP contribution in [0.4, 0.5) is 11.6 Å². The number of hydrogen-bond donors (Lipinski definition) is 2. The third kappa shape index (κ3) is 3.29. The molecule has 29 heavy (non-hydrogen) atoms. The zero-order valence-corrected chi connectivity index (χ0v) is 16.3. The number of para-hydroxylation sites is 3. The van der Waals surface area contributed by atoms with Crippen molar-refractivity contribution in [2.75, 3.05) is 24.9 Å². The van der Waals surface area contributed by atoms with Gasteiger partial charge in [-0.25, -0.2) is 4.68 Å². The first kappa shape index (κ1) is 18.5. The number of anilines is 2. The van der Waals surface area contributed by atoms with Crippen molar-refractivity contribution in [3.63, 3.8) is 0 Å². The highest BCUT2D eigenvalue weighted by Gasteiger charge is 2.35. The lowest BCUT2D eigenvalue weighted by Crippen LogP contribution is -2.31. The summed E-state index contributed by atoms with van der Waals surface area (Å²) >= 11 is 0. The number of amides is 1. The van der Waals surface area contributed by atoms with Crippen LogP contribution in [0.25, 0.3) is 0 Å². The maximum absolute atomic E-state index is 13.4. The molecule has 3 aromatic rings. The molecule has 0 saturated carbocycles. The number of fused-ring (bicyclic) bond motifs is 1. The first-order valence-electron chi connectivity index (χ1n) is 9.08. The summed E-state index contributed by atoms with van der Waals surface area (Å²) in [6.07, 6.45) is 1.46. The Morgan fingerprint density at radius 1 is 1.07 bits per heavy atom. The second-order valence-corrected chi connectivity index (χ2v) is 6.49. The molecule has 0 spiro atoms. The Balaban J connectivity index is 1.80. The van der Waals surface area contributed by atoms with Crippen molar-refractivity contribution in [3.8, 4) is 11.5 Å². The predicted molar refractivity (Wildman–Crippen MR) is 109 cm³/mol. The maximum atomic E-state index is 13.4. The number of allylic oxidation sites excluding steroid dienone is 1. The van der Waals surface area contributed by atoms with Crippen LogP contribution in [0.15, 0.2) is 66.1 Å². The maximum Gasteiger partial charge on any atom is 0.255 e. The highest BCUT2D eigenvalue weighted by molar-refractivity contribution is 6.06. The van der Waals surface area contributed by atoms with Gasteiger partial charge in [-0.3, -0.25) is 4.79 Å². The number of aromatic nitrogens is 3. The Labute approximate surface area is 168 Å². The van der Waals surface area contributed by atoms with Crippen molar-refractivity contribution in [1.82, 2.24) is 14.8 Å². The lowest BCUT2D eigenvalue weighted by atomic mass is 9.94. The summed E-state index contributed by atoms with van der Waals surface area (Å²) in [6, 6.07) is 14.3. The van der Waals surface area contributed by atoms with E-state index in [9.17, 15) is 4.79 Å². The van der Waals surface area contributed by atoms with E-state index < -0.39 is 6.04 Å². The van der Waals surface area contributed by atoms with Gasteiger partial charge >= 0.3 is 0 Å². The molecule has 8 nitrogen and oxygen atoms in total. The van der Waals surface area contributed by atoms with Gasteiger partial charge in [0.25, 0.3) is 5.91 Å². The minimum atomic E-state index is -0.500. The number of carbonyl (C=O) groups excluding carboxylic acids is 1. The first-order chi connectivity index (χ1) is 14.1. The Hall–Kier alpha value is -3.81. The van der Waals surface area contributed by atoms with Crippen LogP contribution in [0.3, 0.4) is 0 Å². The zero-order valence-electron chi connectivity index (χ0n) is 16.3. The SMILES string of the molecule is COc1ccccc1NC(=O)C1=C(C)Nc2ncnn2C1c1ccccc1OC. The number of nitrogens with zero attached hydrogens (tertiary/aromatic N) is 3. The molecule has 0 aliphatic carbocycles. The number of methoxy groups -OCH3 is 2. The fourth-order valence-corrected chi connectivity index (χ4v) is 3.50. The molecule has 0 radical (unpaired) electrons. The van der Waals surface area contributed by atoms with E-state index in [1.807, 2.05) is 43.3 Å². The fourth-order valence-electron chi connectivity index (χ4n) is 3.50. The number of rotatable bonds is 5. The second kappa shape index (κ2) is 7.67. The second-order valence-electron chi connectivity index (χ2n) is 6.49. The lowest BCUT2D eigenvalue weighted by molar-refractivity contribution is -0.113. The van der Waals surface area contributed by atoms with E-state index in [-0.39, 0.29) is 5.91 Å². The molecule has 1 amide bonds. The molecule has 1 atom stereocenters. The van der Waals surface area contributed by atoms with Crippen LogP contribution in [0.1, 0.15) is 18.5 Å². The molecular weight excluding hydrogens is 370 g/mol. The summed E-state index contributed by atoms with van der Waals surface area (Å²) < 4.78 is 12.6. The zero-order chi connectivity index (χ0) is 20.4. The van der Waals surface area contributed by atoms with Gasteiger partial charge in [0, 0.05) is 11.3 Å². The normalized spacial score (nSPS) is 15.3. The molecule has 1 unspecified atom stereocenters. The lowest BCUT2D eigenvalue weighted by Gasteiger charge is -2.29. The predicted octanol–water partition coefficient (Wildman–Crippen LogP) is 3.22. The largest absolute Gasteiger partial charge is 0.496 e. The van der Waals surface area contributed by atoms with E-state index in [2.05, 4.69) is 20.7 Å². The summed E-state index contributed by atoms with van der Waals surface area (Å²) in [4.78, 5) is 17.7. The van der Waals surface area contributed by atoms with E-state index in [0.717, 1.165) is 5.56 Å². The minimum absolute atomic E-state index is 0.267. The standard InChI is InChI=1S/C21H21N5O3/c1-13-18(20(27)25-15-9-5-7-11-17(15)29-3)19(26-21(24-13)22-12-23-26)14-8-4-6-10-16(14)28-2/h4-12,19H,1-3H3,(H,25,27)(H,22,23,24). The quantitative estimate of drug-likeness (QED) is 0.694. The Morgan fingerprint density at radius 2 is 1.76 bits per heavy atom. The molecule has 4 rings (SSSR count). The molecule has 148 valence electrons. The van der Waals surface area contributed by atoms with Gasteiger partial charge in [0.1, 0.15) is 23.9 Å². The van der Waals surface area contributed by atoms with Crippen LogP contribution in [0.2, 0.25) is 0 Å². The number of hydrogen-bond acceptors (Lipinski definition) is 6. The van der Waals surface area contributed by atoms with Crippen LogP contribution >= 0.6 is 0 Å². The van der Waals surface area contributed by atoms with Crippen LogP contribution in [0.5, 0.6) is 11.5 Å². The summed E-state index contributed by atoms with van der Waals surface area (Å²) in [6.45, 7) is 1.84. The third-order valence-electron chi connectivity index (χ3n) is 4.83. The molecular formula is C21H21N5O3. The topological polar surface area (TPSA) is 90.3 Å². The monoisotopic (exact) mass is 391 g/mol. The van der Waals surface area contributed by atoms with E-state index in [4.69, 9.17) is 9.47 Å². The van der Waals surface area contributed by atoms with Crippen LogP contribution in [-0.4, -0.2) is 34.9 Å². The highest BCUT2D eigenvalue weighted by Crippen LogP contribution is 2.39. The Bertz CT molecular complexity index is 1090. The average Bonchev–Trinajstić information content (AvgIpc) is 3.21. The average molecular weight is 391 g/mol. The molecule has 2 aromatic carbocycles. The van der Waals surface area contributed by atoms with Gasteiger partial charge in [0.2, 0.25) is 5.95 Å². The summed E-state index contributed by atoms with van der Waals surface area (Å²) in [5, 5.41) is 10.5. The van der Waals surface area contributed by atoms with Gasteiger partial charge in [-0.2, -0.15) is 10.1 Å². The number of benzene rings is 2. The first-order valence-corrected chi connectivity index (χ1v) is 9.08. The molecule has 0 fully saturated rings. The van der Waals surface area contributed by atoms with Crippen molar-refractivity contribution in [3.05, 3.63) is 71.7 Å². The van der Waals surface area contributed by atoms with Gasteiger partial charge < -0.3 is 20.1 Å². The van der Waals surface area contributed by atoms with E-state index in [0.29, 0.717) is 34.4 Å². The van der Waals surface area contributed by atoms with Crippen molar-refractivity contribution < 1.29 is 14.3 Å². The van der Waals surface area contributed by atoms with E-state index in [1.165, 1.54) is 6.33 Å². The Morgan fingerprint density at radius 3 is 2.52 bits per heavy atom. The summed E-state index contributed by atoms with van der Waals surface area (Å²) in [5.74, 6) is 1.54. The van der Waals surface area contributed by atoms with Crippen LogP contribution < -0.4 is 20.1 Å². The fraction of sp³-hybridized carbons (Fsp3) is 0.190. The molecule has 1 aliphatic rings. The van der Waals surface area contributed by atoms with Crippen LogP contribution in [0, 0.1) is 0 Å². The van der Waals surface area contributed by atoms with E-state index >= 15 is 0 Å². The van der Waals surface area contributed by atoms with Gasteiger partial charge in [-0.05, 0) is 25.1 Å². The molecule has 8 heteroatoms. The van der Waals surface area contributed by atoms with E-state index in [1.54, 1.807) is 31.0 Å². The van der Waals surface area contributed by atoms with Gasteiger partial charge in [0.05, 0.1) is 25.5 Å². The highest BCUT2D eigenvalue weighted by atomic mass is 16.5.